The lowest BCUT2D eigenvalue weighted by atomic mass is 9.88. The van der Waals surface area contributed by atoms with Gasteiger partial charge in [-0.2, -0.15) is 0 Å². The Labute approximate surface area is 198 Å². The van der Waals surface area contributed by atoms with Gasteiger partial charge >= 0.3 is 0 Å². The minimum atomic E-state index is -0.803. The zero-order chi connectivity index (χ0) is 23.3. The number of nitrogens with one attached hydrogen (secondary N) is 2. The van der Waals surface area contributed by atoms with Crippen molar-refractivity contribution in [3.63, 3.8) is 0 Å². The lowest BCUT2D eigenvalue weighted by Crippen LogP contribution is -2.50. The highest BCUT2D eigenvalue weighted by Gasteiger charge is 2.39. The first-order valence-corrected chi connectivity index (χ1v) is 15.8. The Bertz CT molecular complexity index is 1030. The van der Waals surface area contributed by atoms with Crippen molar-refractivity contribution >= 4 is 24.8 Å². The van der Waals surface area contributed by atoms with E-state index in [1.807, 2.05) is 24.8 Å². The second-order valence-corrected chi connectivity index (χ2v) is 16.1. The first-order valence-electron chi connectivity index (χ1n) is 12.1. The van der Waals surface area contributed by atoms with Gasteiger partial charge in [-0.15, -0.1) is 0 Å². The quantitative estimate of drug-likeness (QED) is 0.530. The number of fused-ring (bicyclic) bond motifs is 1. The average Bonchev–Trinajstić information content (AvgIpc) is 3.43. The van der Waals surface area contributed by atoms with Gasteiger partial charge in [0.25, 0.3) is 0 Å². The van der Waals surface area contributed by atoms with Gasteiger partial charge in [-0.25, -0.2) is 15.0 Å². The van der Waals surface area contributed by atoms with Gasteiger partial charge in [0.05, 0.1) is 5.39 Å². The van der Waals surface area contributed by atoms with Crippen LogP contribution < -0.4 is 10.2 Å². The normalized spacial score (nSPS) is 20.8. The summed E-state index contributed by atoms with van der Waals surface area (Å²) < 4.78 is 4.95. The fourth-order valence-electron chi connectivity index (χ4n) is 4.83. The fourth-order valence-corrected chi connectivity index (χ4v) is 5.65. The van der Waals surface area contributed by atoms with Crippen molar-refractivity contribution in [1.82, 2.24) is 25.3 Å². The van der Waals surface area contributed by atoms with E-state index in [9.17, 15) is 0 Å². The number of aromatic amines is 1. The second-order valence-electron chi connectivity index (χ2n) is 10.5. The maximum atomic E-state index is 4.95. The highest BCUT2D eigenvalue weighted by molar-refractivity contribution is 6.76. The maximum absolute atomic E-state index is 4.95. The summed E-state index contributed by atoms with van der Waals surface area (Å²) in [6.45, 7) is 11.3. The Kier molecular flexibility index (Phi) is 7.46. The zero-order valence-corrected chi connectivity index (χ0v) is 21.5. The van der Waals surface area contributed by atoms with Gasteiger partial charge in [0.1, 0.15) is 12.0 Å². The second kappa shape index (κ2) is 10.3. The molecule has 1 atom stereocenters. The third-order valence-corrected chi connectivity index (χ3v) is 8.46. The molecule has 2 aliphatic rings. The molecule has 0 unspecified atom stereocenters. The third-order valence-electron chi connectivity index (χ3n) is 6.76. The SMILES string of the molecule is COCC[Si](C)(C)C.c1ncc(-c2c[nH]c3nccc(N4CC[C@@]5(CCCCN5)C4)c23)cn1. The van der Waals surface area contributed by atoms with Crippen molar-refractivity contribution in [2.75, 3.05) is 38.3 Å². The number of rotatable bonds is 5. The van der Waals surface area contributed by atoms with Crippen LogP contribution in [-0.4, -0.2) is 66.9 Å². The van der Waals surface area contributed by atoms with E-state index in [1.165, 1.54) is 42.8 Å². The Morgan fingerprint density at radius 1 is 1.15 bits per heavy atom. The van der Waals surface area contributed by atoms with Crippen LogP contribution in [0, 0.1) is 0 Å². The van der Waals surface area contributed by atoms with Crippen LogP contribution in [-0.2, 0) is 4.74 Å². The molecule has 8 heteroatoms. The molecular formula is C25H38N6OSi. The number of nitrogens with zero attached hydrogens (tertiary/aromatic N) is 4. The number of ether oxygens (including phenoxy) is 1. The number of aromatic nitrogens is 4. The van der Waals surface area contributed by atoms with Gasteiger partial charge in [-0.05, 0) is 37.9 Å². The molecule has 2 N–H and O–H groups in total. The van der Waals surface area contributed by atoms with Crippen LogP contribution in [0.1, 0.15) is 25.7 Å². The molecule has 33 heavy (non-hydrogen) atoms. The molecular weight excluding hydrogens is 428 g/mol. The topological polar surface area (TPSA) is 79.0 Å². The molecule has 5 heterocycles. The molecule has 7 nitrogen and oxygen atoms in total. The molecule has 5 rings (SSSR count). The summed E-state index contributed by atoms with van der Waals surface area (Å²) in [5, 5.41) is 4.97. The lowest BCUT2D eigenvalue weighted by molar-refractivity contribution is 0.214. The Morgan fingerprint density at radius 2 is 1.97 bits per heavy atom. The smallest absolute Gasteiger partial charge is 0.139 e. The van der Waals surface area contributed by atoms with Crippen molar-refractivity contribution in [3.8, 4) is 11.1 Å². The first-order chi connectivity index (χ1) is 15.9. The molecule has 0 radical (unpaired) electrons. The number of piperidine rings is 1. The number of H-pyrrole nitrogens is 1. The van der Waals surface area contributed by atoms with E-state index in [1.54, 1.807) is 13.4 Å². The van der Waals surface area contributed by atoms with E-state index in [2.05, 4.69) is 55.9 Å². The van der Waals surface area contributed by atoms with Crippen molar-refractivity contribution in [2.45, 2.75) is 56.9 Å². The molecule has 178 valence electrons. The third kappa shape index (κ3) is 5.80. The van der Waals surface area contributed by atoms with Crippen LogP contribution >= 0.6 is 0 Å². The van der Waals surface area contributed by atoms with E-state index >= 15 is 0 Å². The minimum Gasteiger partial charge on any atom is -0.385 e. The molecule has 0 amide bonds. The highest BCUT2D eigenvalue weighted by atomic mass is 28.3. The van der Waals surface area contributed by atoms with Crippen molar-refractivity contribution in [1.29, 1.82) is 0 Å². The number of methoxy groups -OCH3 is 1. The van der Waals surface area contributed by atoms with Crippen molar-refractivity contribution in [2.24, 2.45) is 0 Å². The van der Waals surface area contributed by atoms with Crippen molar-refractivity contribution in [3.05, 3.63) is 37.2 Å². The van der Waals surface area contributed by atoms with Crippen LogP contribution in [0.25, 0.3) is 22.2 Å². The van der Waals surface area contributed by atoms with E-state index < -0.39 is 8.07 Å². The summed E-state index contributed by atoms with van der Waals surface area (Å²) in [6.07, 6.45) is 14.3. The van der Waals surface area contributed by atoms with Gasteiger partial charge in [0.15, 0.2) is 0 Å². The molecule has 2 aliphatic heterocycles. The van der Waals surface area contributed by atoms with E-state index in [-0.39, 0.29) is 0 Å². The summed E-state index contributed by atoms with van der Waals surface area (Å²) in [5.74, 6) is 0. The van der Waals surface area contributed by atoms with E-state index in [0.29, 0.717) is 5.54 Å². The van der Waals surface area contributed by atoms with Gasteiger partial charge in [-0.3, -0.25) is 0 Å². The summed E-state index contributed by atoms with van der Waals surface area (Å²) in [6, 6.07) is 3.43. The lowest BCUT2D eigenvalue weighted by Gasteiger charge is -2.35. The van der Waals surface area contributed by atoms with E-state index in [4.69, 9.17) is 4.74 Å². The first kappa shape index (κ1) is 23.9. The van der Waals surface area contributed by atoms with Crippen LogP contribution in [0.4, 0.5) is 5.69 Å². The van der Waals surface area contributed by atoms with Crippen molar-refractivity contribution < 1.29 is 4.74 Å². The summed E-state index contributed by atoms with van der Waals surface area (Å²) >= 11 is 0. The standard InChI is InChI=1S/C19H22N6.C6H16OSi/c1-2-6-24-19(4-1)5-8-25(12-19)16-3-7-22-18-17(16)15(11-23-18)14-9-20-13-21-10-14;1-7-5-6-8(2,3)4/h3,7,9-11,13,24H,1-2,4-6,8,12H2,(H,22,23);5-6H2,1-4H3/t19-;/m0./s1. The Balaban J connectivity index is 0.000000281. The van der Waals surface area contributed by atoms with Gasteiger partial charge in [0.2, 0.25) is 0 Å². The molecule has 0 bridgehead atoms. The van der Waals surface area contributed by atoms with Crippen LogP contribution in [0.3, 0.4) is 0 Å². The molecule has 3 aromatic rings. The highest BCUT2D eigenvalue weighted by Crippen LogP contribution is 2.38. The molecule has 2 saturated heterocycles. The number of hydrogen-bond acceptors (Lipinski definition) is 6. The van der Waals surface area contributed by atoms with Gasteiger partial charge < -0.3 is 19.9 Å². The fraction of sp³-hybridized carbons (Fsp3) is 0.560. The average molecular weight is 467 g/mol. The maximum Gasteiger partial charge on any atom is 0.139 e. The number of anilines is 1. The Morgan fingerprint density at radius 3 is 2.64 bits per heavy atom. The largest absolute Gasteiger partial charge is 0.385 e. The number of pyridine rings is 1. The summed E-state index contributed by atoms with van der Waals surface area (Å²) in [5.41, 5.74) is 4.62. The molecule has 0 aliphatic carbocycles. The molecule has 3 aromatic heterocycles. The van der Waals surface area contributed by atoms with E-state index in [0.717, 1.165) is 43.0 Å². The minimum absolute atomic E-state index is 0.292. The predicted molar refractivity (Wildman–Crippen MR) is 139 cm³/mol. The molecule has 0 aromatic carbocycles. The Hall–Kier alpha value is -2.29. The van der Waals surface area contributed by atoms with Gasteiger partial charge in [-0.1, -0.05) is 26.1 Å². The molecule has 1 spiro atoms. The predicted octanol–water partition coefficient (Wildman–Crippen LogP) is 4.71. The summed E-state index contributed by atoms with van der Waals surface area (Å²) in [4.78, 5) is 18.7. The molecule has 2 fully saturated rings. The number of hydrogen-bond donors (Lipinski definition) is 2. The zero-order valence-electron chi connectivity index (χ0n) is 20.5. The van der Waals surface area contributed by atoms with Gasteiger partial charge in [0, 0.05) is 82.0 Å². The van der Waals surface area contributed by atoms with Crippen LogP contribution in [0.5, 0.6) is 0 Å². The van der Waals surface area contributed by atoms with Crippen LogP contribution in [0.15, 0.2) is 37.2 Å². The van der Waals surface area contributed by atoms with Crippen LogP contribution in [0.2, 0.25) is 25.7 Å². The molecule has 0 saturated carbocycles. The monoisotopic (exact) mass is 466 g/mol. The summed E-state index contributed by atoms with van der Waals surface area (Å²) in [7, 11) is 0.961.